The zero-order chi connectivity index (χ0) is 18.5. The number of rotatable bonds is 5. The van der Waals surface area contributed by atoms with Crippen molar-refractivity contribution in [1.82, 2.24) is 9.80 Å². The summed E-state index contributed by atoms with van der Waals surface area (Å²) in [6.45, 7) is 4.11. The predicted molar refractivity (Wildman–Crippen MR) is 106 cm³/mol. The van der Waals surface area contributed by atoms with Crippen LogP contribution in [0, 0.1) is 6.42 Å². The van der Waals surface area contributed by atoms with Gasteiger partial charge in [0.15, 0.2) is 0 Å². The molecule has 2 fully saturated rings. The lowest BCUT2D eigenvalue weighted by Crippen LogP contribution is -2.48. The Morgan fingerprint density at radius 2 is 1.81 bits per heavy atom. The minimum atomic E-state index is -0.468. The maximum Gasteiger partial charge on any atom is 0.249 e. The number of benzene rings is 1. The van der Waals surface area contributed by atoms with Gasteiger partial charge in [-0.3, -0.25) is 9.59 Å². The Morgan fingerprint density at radius 1 is 1.12 bits per heavy atom. The van der Waals surface area contributed by atoms with Crippen molar-refractivity contribution in [3.8, 4) is 0 Å². The fourth-order valence-corrected chi connectivity index (χ4v) is 4.40. The molecule has 141 valence electrons. The van der Waals surface area contributed by atoms with Gasteiger partial charge >= 0.3 is 0 Å². The number of nitrogens with two attached hydrogens (primary N) is 1. The lowest BCUT2D eigenvalue weighted by molar-refractivity contribution is -0.129. The fourth-order valence-electron chi connectivity index (χ4n) is 3.96. The molecular weight excluding hydrogens is 394 g/mol. The molecule has 0 saturated carbocycles. The number of likely N-dealkylation sites (tertiary alicyclic amines) is 2. The number of primary amides is 1. The van der Waals surface area contributed by atoms with Gasteiger partial charge in [0, 0.05) is 23.6 Å². The number of carbonyl (C=O) groups excluding carboxylic acids is 2. The Morgan fingerprint density at radius 3 is 2.46 bits per heavy atom. The van der Waals surface area contributed by atoms with Crippen LogP contribution in [0.3, 0.4) is 0 Å². The lowest BCUT2D eigenvalue weighted by Gasteiger charge is -2.40. The summed E-state index contributed by atoms with van der Waals surface area (Å²) in [6.07, 6.45) is 8.36. The van der Waals surface area contributed by atoms with Crippen LogP contribution in [0.2, 0.25) is 0 Å². The van der Waals surface area contributed by atoms with Crippen LogP contribution < -0.4 is 5.73 Å². The van der Waals surface area contributed by atoms with Gasteiger partial charge < -0.3 is 15.5 Å². The summed E-state index contributed by atoms with van der Waals surface area (Å²) in [5, 5.41) is 0. The van der Waals surface area contributed by atoms with Gasteiger partial charge in [-0.2, -0.15) is 0 Å². The van der Waals surface area contributed by atoms with E-state index in [9.17, 15) is 9.59 Å². The molecule has 0 bridgehead atoms. The molecule has 0 atom stereocenters. The zero-order valence-corrected chi connectivity index (χ0v) is 16.7. The van der Waals surface area contributed by atoms with E-state index in [4.69, 9.17) is 5.73 Å². The minimum Gasteiger partial charge on any atom is -0.366 e. The second-order valence-electron chi connectivity index (χ2n) is 7.24. The number of amides is 2. The first kappa shape index (κ1) is 19.4. The number of halogens is 1. The molecule has 2 N–H and O–H groups in total. The van der Waals surface area contributed by atoms with Crippen molar-refractivity contribution in [2.45, 2.75) is 44.6 Å². The first-order valence-electron chi connectivity index (χ1n) is 9.49. The standard InChI is InChI=1S/C20H27BrN3O2/c21-18-6-4-15(14-17(18)20(22)26)5-7-19(25)24-12-8-16(9-13-24)23-10-2-1-3-11-23/h4,6-7,14,16H,1-3,5,8-13H2,(H2,22,26). The Labute approximate surface area is 164 Å². The summed E-state index contributed by atoms with van der Waals surface area (Å²) in [6, 6.07) is 6.10. The molecule has 0 aromatic heterocycles. The van der Waals surface area contributed by atoms with Gasteiger partial charge in [0.2, 0.25) is 11.8 Å². The molecule has 2 aliphatic heterocycles. The van der Waals surface area contributed by atoms with E-state index in [-0.39, 0.29) is 5.91 Å². The monoisotopic (exact) mass is 420 g/mol. The minimum absolute atomic E-state index is 0.0886. The third-order valence-corrected chi connectivity index (χ3v) is 6.18. The molecule has 2 amide bonds. The molecule has 0 spiro atoms. The second-order valence-corrected chi connectivity index (χ2v) is 8.09. The molecule has 2 heterocycles. The number of hydrogen-bond donors (Lipinski definition) is 1. The van der Waals surface area contributed by atoms with Crippen LogP contribution >= 0.6 is 15.9 Å². The molecule has 26 heavy (non-hydrogen) atoms. The topological polar surface area (TPSA) is 66.6 Å². The van der Waals surface area contributed by atoms with E-state index in [0.717, 1.165) is 31.5 Å². The highest BCUT2D eigenvalue weighted by molar-refractivity contribution is 9.10. The van der Waals surface area contributed by atoms with E-state index in [1.54, 1.807) is 18.6 Å². The van der Waals surface area contributed by atoms with Gasteiger partial charge in [0.1, 0.15) is 0 Å². The smallest absolute Gasteiger partial charge is 0.249 e. The number of piperidine rings is 2. The molecule has 0 aliphatic carbocycles. The largest absolute Gasteiger partial charge is 0.366 e. The molecule has 1 aromatic rings. The molecule has 0 unspecified atom stereocenters. The van der Waals surface area contributed by atoms with Crippen LogP contribution in [0.15, 0.2) is 22.7 Å². The van der Waals surface area contributed by atoms with Crippen molar-refractivity contribution in [2.24, 2.45) is 5.73 Å². The van der Waals surface area contributed by atoms with Crippen molar-refractivity contribution >= 4 is 27.7 Å². The molecule has 1 aromatic carbocycles. The summed E-state index contributed by atoms with van der Waals surface area (Å²) in [5.41, 5.74) is 6.74. The van der Waals surface area contributed by atoms with Gasteiger partial charge in [0.25, 0.3) is 0 Å². The van der Waals surface area contributed by atoms with Crippen LogP contribution in [0.25, 0.3) is 0 Å². The van der Waals surface area contributed by atoms with Crippen LogP contribution in [-0.2, 0) is 11.2 Å². The van der Waals surface area contributed by atoms with Crippen molar-refractivity contribution in [1.29, 1.82) is 0 Å². The highest BCUT2D eigenvalue weighted by atomic mass is 79.9. The highest BCUT2D eigenvalue weighted by Gasteiger charge is 2.27. The average Bonchev–Trinajstić information content (AvgIpc) is 2.67. The van der Waals surface area contributed by atoms with Crippen LogP contribution in [0.5, 0.6) is 0 Å². The van der Waals surface area contributed by atoms with E-state index >= 15 is 0 Å². The van der Waals surface area contributed by atoms with Gasteiger partial charge in [-0.15, -0.1) is 0 Å². The second kappa shape index (κ2) is 9.00. The van der Waals surface area contributed by atoms with Gasteiger partial charge in [-0.25, -0.2) is 0 Å². The van der Waals surface area contributed by atoms with E-state index in [2.05, 4.69) is 20.8 Å². The van der Waals surface area contributed by atoms with E-state index in [0.29, 0.717) is 22.5 Å². The summed E-state index contributed by atoms with van der Waals surface area (Å²) in [7, 11) is 0. The first-order valence-corrected chi connectivity index (χ1v) is 10.3. The predicted octanol–water partition coefficient (Wildman–Crippen LogP) is 2.77. The summed E-state index contributed by atoms with van der Waals surface area (Å²) >= 11 is 3.32. The van der Waals surface area contributed by atoms with Crippen molar-refractivity contribution in [2.75, 3.05) is 26.2 Å². The molecule has 3 rings (SSSR count). The van der Waals surface area contributed by atoms with Crippen LogP contribution in [0.4, 0.5) is 0 Å². The molecular formula is C20H27BrN3O2. The Bertz CT molecular complexity index is 650. The van der Waals surface area contributed by atoms with E-state index in [1.807, 2.05) is 11.0 Å². The third-order valence-electron chi connectivity index (χ3n) is 5.49. The average molecular weight is 421 g/mol. The Hall–Kier alpha value is -1.40. The highest BCUT2D eigenvalue weighted by Crippen LogP contribution is 2.22. The molecule has 5 nitrogen and oxygen atoms in total. The van der Waals surface area contributed by atoms with E-state index in [1.165, 1.54) is 32.4 Å². The van der Waals surface area contributed by atoms with Crippen molar-refractivity contribution < 1.29 is 9.59 Å². The Balaban J connectivity index is 1.47. The first-order chi connectivity index (χ1) is 12.5. The fraction of sp³-hybridized carbons (Fsp3) is 0.550. The van der Waals surface area contributed by atoms with Crippen LogP contribution in [0.1, 0.15) is 48.0 Å². The maximum absolute atomic E-state index is 12.5. The number of hydrogen-bond acceptors (Lipinski definition) is 3. The normalized spacial score (nSPS) is 19.5. The third kappa shape index (κ3) is 4.86. The lowest BCUT2D eigenvalue weighted by atomic mass is 9.99. The maximum atomic E-state index is 12.5. The van der Waals surface area contributed by atoms with Crippen LogP contribution in [-0.4, -0.2) is 53.8 Å². The van der Waals surface area contributed by atoms with Gasteiger partial charge in [0.05, 0.1) is 12.0 Å². The van der Waals surface area contributed by atoms with Crippen molar-refractivity contribution in [3.05, 3.63) is 40.2 Å². The zero-order valence-electron chi connectivity index (χ0n) is 15.1. The summed E-state index contributed by atoms with van der Waals surface area (Å²) in [5.74, 6) is -0.379. The number of carbonyl (C=O) groups is 2. The molecule has 2 aliphatic rings. The van der Waals surface area contributed by atoms with E-state index < -0.39 is 5.91 Å². The molecule has 1 radical (unpaired) electrons. The summed E-state index contributed by atoms with van der Waals surface area (Å²) in [4.78, 5) is 28.5. The number of nitrogens with zero attached hydrogens (tertiary/aromatic N) is 2. The van der Waals surface area contributed by atoms with Gasteiger partial charge in [-0.1, -0.05) is 12.5 Å². The van der Waals surface area contributed by atoms with Crippen molar-refractivity contribution in [3.63, 3.8) is 0 Å². The molecule has 6 heteroatoms. The SMILES string of the molecule is NC(=O)c1cc(C[CH]C(=O)N2CCC(N3CCCCC3)CC2)ccc1Br. The molecule has 2 saturated heterocycles. The van der Waals surface area contributed by atoms with Gasteiger partial charge in [-0.05, 0) is 78.8 Å². The Kier molecular flexibility index (Phi) is 6.70. The summed E-state index contributed by atoms with van der Waals surface area (Å²) < 4.78 is 0.680. The quantitative estimate of drug-likeness (QED) is 0.795.